The van der Waals surface area contributed by atoms with Crippen LogP contribution >= 0.6 is 0 Å². The molecular weight excluding hydrogens is 704 g/mol. The zero-order chi connectivity index (χ0) is 38.2. The monoisotopic (exact) mass is 760 g/mol. The van der Waals surface area contributed by atoms with Gasteiger partial charge < -0.3 is 33.6 Å². The second-order valence-electron chi connectivity index (χ2n) is 16.7. The summed E-state index contributed by atoms with van der Waals surface area (Å²) in [6.45, 7) is 7.06. The molecule has 4 fully saturated rings. The van der Waals surface area contributed by atoms with E-state index >= 15 is 8.90 Å². The summed E-state index contributed by atoms with van der Waals surface area (Å²) in [5.41, 5.74) is 1.47. The van der Waals surface area contributed by atoms with Crippen LogP contribution in [0.2, 0.25) is 18.6 Å². The summed E-state index contributed by atoms with van der Waals surface area (Å²) in [7, 11) is -3.54. The van der Waals surface area contributed by atoms with Crippen molar-refractivity contribution < 1.29 is 33.1 Å². The number of halogens is 1. The number of likely N-dealkylation sites (tertiary alicyclic amines) is 1. The lowest BCUT2D eigenvalue weighted by molar-refractivity contribution is -0.150. The minimum atomic E-state index is -3.54. The first-order valence-electron chi connectivity index (χ1n) is 20.4. The highest BCUT2D eigenvalue weighted by Gasteiger charge is 2.67. The van der Waals surface area contributed by atoms with Crippen LogP contribution in [0.4, 0.5) is 21.2 Å². The van der Waals surface area contributed by atoms with Crippen LogP contribution in [0.3, 0.4) is 0 Å². The predicted octanol–water partition coefficient (Wildman–Crippen LogP) is 6.98. The minimum absolute atomic E-state index is 0.0478. The first-order chi connectivity index (χ1) is 25.9. The van der Waals surface area contributed by atoms with Crippen LogP contribution < -0.4 is 14.7 Å². The maximum absolute atomic E-state index is 16.6. The van der Waals surface area contributed by atoms with E-state index in [0.717, 1.165) is 75.5 Å². The number of anilines is 3. The number of carbonyl (C=O) groups is 4. The average molecular weight is 761 g/mol. The van der Waals surface area contributed by atoms with E-state index in [9.17, 15) is 19.5 Å². The van der Waals surface area contributed by atoms with Gasteiger partial charge in [-0.1, -0.05) is 44.7 Å². The lowest BCUT2D eigenvalue weighted by Crippen LogP contribution is -2.45. The van der Waals surface area contributed by atoms with E-state index in [2.05, 4.69) is 0 Å². The minimum Gasteiger partial charge on any atom is -0.394 e. The van der Waals surface area contributed by atoms with E-state index in [1.165, 1.54) is 0 Å². The Kier molecular flexibility index (Phi) is 11.4. The Morgan fingerprint density at radius 1 is 0.852 bits per heavy atom. The van der Waals surface area contributed by atoms with E-state index in [1.807, 2.05) is 59.2 Å². The largest absolute Gasteiger partial charge is 0.394 e. The lowest BCUT2D eigenvalue weighted by atomic mass is 9.82. The normalized spacial score (nSPS) is 28.4. The SMILES string of the molecule is C[C@H]1[C@H]([Si](C)(C)F)[C@@H](CC(=O)N2CCC[C@H]2CO)O[C@]12C(=O)N(Cc1ccc(N3CCCCCCC3=O)cc1)c1ccc(N3CCCCCCC3=O)cc12. The summed E-state index contributed by atoms with van der Waals surface area (Å²) < 4.78 is 23.6. The molecule has 2 aromatic rings. The predicted molar refractivity (Wildman–Crippen MR) is 209 cm³/mol. The van der Waals surface area contributed by atoms with Crippen molar-refractivity contribution in [3.8, 4) is 0 Å². The van der Waals surface area contributed by atoms with E-state index in [-0.39, 0.29) is 49.2 Å². The number of benzene rings is 2. The van der Waals surface area contributed by atoms with Gasteiger partial charge in [-0.2, -0.15) is 0 Å². The highest BCUT2D eigenvalue weighted by Crippen LogP contribution is 2.61. The second kappa shape index (κ2) is 15.9. The van der Waals surface area contributed by atoms with Gasteiger partial charge in [-0.05, 0) is 87.5 Å². The molecule has 4 amide bonds. The number of rotatable bonds is 8. The third-order valence-electron chi connectivity index (χ3n) is 12.8. The molecule has 5 aliphatic heterocycles. The van der Waals surface area contributed by atoms with E-state index in [4.69, 9.17) is 4.74 Å². The molecule has 10 nitrogen and oxygen atoms in total. The Bertz CT molecular complexity index is 1730. The molecule has 0 aliphatic carbocycles. The highest BCUT2D eigenvalue weighted by molar-refractivity contribution is 6.72. The molecule has 0 aromatic heterocycles. The number of aliphatic hydroxyl groups excluding tert-OH is 1. The Hall–Kier alpha value is -3.61. The molecule has 1 spiro atoms. The molecule has 7 rings (SSSR count). The third-order valence-corrected chi connectivity index (χ3v) is 15.2. The number of ether oxygens (including phenoxy) is 1. The fourth-order valence-corrected chi connectivity index (χ4v) is 12.5. The summed E-state index contributed by atoms with van der Waals surface area (Å²) in [5.74, 6) is -0.897. The van der Waals surface area contributed by atoms with Gasteiger partial charge in [0.15, 0.2) is 5.60 Å². The van der Waals surface area contributed by atoms with E-state index < -0.39 is 31.6 Å². The molecule has 4 saturated heterocycles. The number of hydrogen-bond donors (Lipinski definition) is 1. The molecule has 2 aromatic carbocycles. The summed E-state index contributed by atoms with van der Waals surface area (Å²) in [6.07, 6.45) is 9.43. The summed E-state index contributed by atoms with van der Waals surface area (Å²) in [4.78, 5) is 62.5. The van der Waals surface area contributed by atoms with Crippen molar-refractivity contribution in [3.63, 3.8) is 0 Å². The van der Waals surface area contributed by atoms with Crippen molar-refractivity contribution in [3.05, 3.63) is 53.6 Å². The summed E-state index contributed by atoms with van der Waals surface area (Å²) in [6, 6.07) is 13.3. The molecule has 1 N–H and O–H groups in total. The van der Waals surface area contributed by atoms with Crippen LogP contribution in [0.15, 0.2) is 42.5 Å². The topological polar surface area (TPSA) is 111 Å². The van der Waals surface area contributed by atoms with Crippen LogP contribution in [-0.2, 0) is 36.1 Å². The average Bonchev–Trinajstić information content (AvgIpc) is 3.79. The maximum Gasteiger partial charge on any atom is 0.264 e. The number of nitrogens with zero attached hydrogens (tertiary/aromatic N) is 4. The van der Waals surface area contributed by atoms with Crippen LogP contribution in [0.1, 0.15) is 102 Å². The van der Waals surface area contributed by atoms with Crippen molar-refractivity contribution in [2.45, 2.75) is 133 Å². The van der Waals surface area contributed by atoms with E-state index in [0.29, 0.717) is 49.4 Å². The van der Waals surface area contributed by atoms with Crippen molar-refractivity contribution in [1.29, 1.82) is 0 Å². The second-order valence-corrected chi connectivity index (χ2v) is 20.5. The van der Waals surface area contributed by atoms with Gasteiger partial charge in [-0.25, -0.2) is 0 Å². The van der Waals surface area contributed by atoms with Gasteiger partial charge in [0, 0.05) is 60.9 Å². The van der Waals surface area contributed by atoms with Gasteiger partial charge in [0.1, 0.15) is 0 Å². The number of carbonyl (C=O) groups excluding carboxylic acids is 4. The van der Waals surface area contributed by atoms with Crippen LogP contribution in [-0.4, -0.2) is 80.4 Å². The standard InChI is InChI=1S/C42H57FN4O6Si/c1-29-40(54(2,3)43)36(26-39(51)46-24-12-13-33(46)28-48)53-42(29)34-25-32(45-23-11-7-5-9-15-38(45)50)20-21-35(34)47(41(42)52)27-30-16-18-31(19-17-30)44-22-10-6-4-8-14-37(44)49/h16-21,25,29,33,36,40,48H,4-15,22-24,26-28H2,1-3H3/t29-,33-,36+,40-,42+/m0/s1. The molecule has 5 aliphatic rings. The summed E-state index contributed by atoms with van der Waals surface area (Å²) >= 11 is 0. The van der Waals surface area contributed by atoms with E-state index in [1.54, 1.807) is 22.9 Å². The molecule has 292 valence electrons. The number of amides is 4. The fourth-order valence-electron chi connectivity index (χ4n) is 10.0. The molecule has 0 unspecified atom stereocenters. The number of aliphatic hydroxyl groups is 1. The summed E-state index contributed by atoms with van der Waals surface area (Å²) in [5, 5.41) is 9.96. The molecule has 12 heteroatoms. The fraction of sp³-hybridized carbons (Fsp3) is 0.619. The Morgan fingerprint density at radius 2 is 1.46 bits per heavy atom. The number of fused-ring (bicyclic) bond motifs is 2. The van der Waals surface area contributed by atoms with Crippen molar-refractivity contribution >= 4 is 49.1 Å². The van der Waals surface area contributed by atoms with Crippen molar-refractivity contribution in [1.82, 2.24) is 4.90 Å². The van der Waals surface area contributed by atoms with Gasteiger partial charge in [0.25, 0.3) is 5.91 Å². The Morgan fingerprint density at radius 3 is 2.09 bits per heavy atom. The van der Waals surface area contributed by atoms with Gasteiger partial charge in [0.2, 0.25) is 26.1 Å². The van der Waals surface area contributed by atoms with Gasteiger partial charge in [0.05, 0.1) is 37.4 Å². The molecule has 5 atom stereocenters. The highest BCUT2D eigenvalue weighted by atomic mass is 28.4. The smallest absolute Gasteiger partial charge is 0.264 e. The van der Waals surface area contributed by atoms with Crippen LogP contribution in [0, 0.1) is 5.92 Å². The van der Waals surface area contributed by atoms with Gasteiger partial charge in [-0.15, -0.1) is 0 Å². The van der Waals surface area contributed by atoms with Crippen molar-refractivity contribution in [2.75, 3.05) is 40.9 Å². The zero-order valence-electron chi connectivity index (χ0n) is 32.2. The van der Waals surface area contributed by atoms with Gasteiger partial charge in [-0.3, -0.25) is 19.2 Å². The third kappa shape index (κ3) is 7.25. The van der Waals surface area contributed by atoms with Gasteiger partial charge >= 0.3 is 0 Å². The quantitative estimate of drug-likeness (QED) is 0.230. The molecule has 0 bridgehead atoms. The van der Waals surface area contributed by atoms with Crippen LogP contribution in [0.5, 0.6) is 0 Å². The zero-order valence-corrected chi connectivity index (χ0v) is 33.2. The molecule has 0 radical (unpaired) electrons. The lowest BCUT2D eigenvalue weighted by Gasteiger charge is -2.32. The first-order valence-corrected chi connectivity index (χ1v) is 23.3. The molecule has 54 heavy (non-hydrogen) atoms. The number of hydrogen-bond acceptors (Lipinski definition) is 6. The molecular formula is C42H57FN4O6Si. The molecule has 0 saturated carbocycles. The Balaban J connectivity index is 1.25. The Labute approximate surface area is 320 Å². The molecule has 5 heterocycles. The first kappa shape index (κ1) is 38.7. The maximum atomic E-state index is 16.6. The van der Waals surface area contributed by atoms with Crippen molar-refractivity contribution in [2.24, 2.45) is 5.92 Å². The van der Waals surface area contributed by atoms with Crippen LogP contribution in [0.25, 0.3) is 0 Å².